The molecule has 4 nitrogen and oxygen atoms in total. The molecule has 0 fully saturated rings. The van der Waals surface area contributed by atoms with E-state index < -0.39 is 23.1 Å². The van der Waals surface area contributed by atoms with Crippen LogP contribution in [0.4, 0.5) is 14.5 Å². The number of carbonyl (C=O) groups excluding carboxylic acids is 2. The van der Waals surface area contributed by atoms with Crippen LogP contribution in [-0.2, 0) is 9.53 Å². The van der Waals surface area contributed by atoms with Gasteiger partial charge >= 0.3 is 5.97 Å². The normalized spacial score (nSPS) is 14.0. The van der Waals surface area contributed by atoms with Gasteiger partial charge in [0.2, 0.25) is 0 Å². The van der Waals surface area contributed by atoms with Crippen molar-refractivity contribution in [1.29, 1.82) is 0 Å². The van der Waals surface area contributed by atoms with E-state index in [2.05, 4.69) is 5.32 Å². The quantitative estimate of drug-likeness (QED) is 0.728. The first-order chi connectivity index (χ1) is 13.5. The molecule has 1 aliphatic rings. The zero-order valence-corrected chi connectivity index (χ0v) is 15.6. The van der Waals surface area contributed by atoms with E-state index in [-0.39, 0.29) is 5.97 Å². The number of ether oxygens (including phenoxy) is 1. The van der Waals surface area contributed by atoms with Gasteiger partial charge in [0, 0.05) is 11.3 Å². The molecule has 0 atom stereocenters. The van der Waals surface area contributed by atoms with E-state index in [0.29, 0.717) is 24.3 Å². The topological polar surface area (TPSA) is 55.4 Å². The van der Waals surface area contributed by atoms with Gasteiger partial charge in [0.25, 0.3) is 5.91 Å². The Kier molecular flexibility index (Phi) is 6.19. The maximum Gasteiger partial charge on any atom is 0.334 e. The van der Waals surface area contributed by atoms with Crippen molar-refractivity contribution in [1.82, 2.24) is 0 Å². The number of benzene rings is 2. The molecule has 0 aliphatic heterocycles. The van der Waals surface area contributed by atoms with Gasteiger partial charge in [-0.3, -0.25) is 4.79 Å². The molecule has 6 heteroatoms. The fraction of sp³-hybridized carbons (Fsp3) is 0.273. The molecule has 0 heterocycles. The van der Waals surface area contributed by atoms with Crippen molar-refractivity contribution in [3.63, 3.8) is 0 Å². The maximum atomic E-state index is 13.7. The van der Waals surface area contributed by atoms with E-state index in [9.17, 15) is 18.4 Å². The lowest BCUT2D eigenvalue weighted by Gasteiger charge is -2.19. The van der Waals surface area contributed by atoms with Crippen LogP contribution in [0, 0.1) is 11.6 Å². The van der Waals surface area contributed by atoms with Gasteiger partial charge in [-0.15, -0.1) is 0 Å². The Labute approximate surface area is 162 Å². The molecule has 2 aromatic rings. The Balaban J connectivity index is 1.81. The number of rotatable bonds is 5. The molecule has 1 aliphatic carbocycles. The molecule has 1 amide bonds. The number of amides is 1. The van der Waals surface area contributed by atoms with Gasteiger partial charge in [0.05, 0.1) is 6.61 Å². The highest BCUT2D eigenvalue weighted by Gasteiger charge is 2.21. The summed E-state index contributed by atoms with van der Waals surface area (Å²) in [7, 11) is 0. The van der Waals surface area contributed by atoms with Crippen molar-refractivity contribution in [2.75, 3.05) is 11.9 Å². The van der Waals surface area contributed by atoms with Crippen LogP contribution in [-0.4, -0.2) is 18.5 Å². The molecule has 2 aromatic carbocycles. The van der Waals surface area contributed by atoms with Crippen LogP contribution in [0.15, 0.2) is 48.0 Å². The SMILES string of the molecule is CCOC(=O)C1=C(c2ccc(NC(=O)c3c(F)cccc3F)cc2)CCCC1. The largest absolute Gasteiger partial charge is 0.463 e. The molecule has 0 unspecified atom stereocenters. The summed E-state index contributed by atoms with van der Waals surface area (Å²) in [5.41, 5.74) is 2.30. The van der Waals surface area contributed by atoms with Gasteiger partial charge in [-0.1, -0.05) is 18.2 Å². The highest BCUT2D eigenvalue weighted by Crippen LogP contribution is 2.33. The number of nitrogens with one attached hydrogen (secondary N) is 1. The fourth-order valence-corrected chi connectivity index (χ4v) is 3.33. The van der Waals surface area contributed by atoms with Crippen LogP contribution in [0.3, 0.4) is 0 Å². The van der Waals surface area contributed by atoms with Crippen molar-refractivity contribution >= 4 is 23.1 Å². The summed E-state index contributed by atoms with van der Waals surface area (Å²) in [6, 6.07) is 10.1. The first-order valence-electron chi connectivity index (χ1n) is 9.26. The first-order valence-corrected chi connectivity index (χ1v) is 9.26. The van der Waals surface area contributed by atoms with Gasteiger partial charge in [0.1, 0.15) is 17.2 Å². The number of carbonyl (C=O) groups is 2. The molecule has 0 saturated carbocycles. The Morgan fingerprint density at radius 2 is 1.64 bits per heavy atom. The van der Waals surface area contributed by atoms with E-state index in [1.54, 1.807) is 31.2 Å². The van der Waals surface area contributed by atoms with Gasteiger partial charge in [-0.25, -0.2) is 13.6 Å². The van der Waals surface area contributed by atoms with Gasteiger partial charge in [0.15, 0.2) is 0 Å². The number of allylic oxidation sites excluding steroid dienone is 1. The molecule has 0 aromatic heterocycles. The summed E-state index contributed by atoms with van der Waals surface area (Å²) in [4.78, 5) is 24.4. The van der Waals surface area contributed by atoms with E-state index in [4.69, 9.17) is 4.74 Å². The Morgan fingerprint density at radius 1 is 1.00 bits per heavy atom. The summed E-state index contributed by atoms with van der Waals surface area (Å²) in [5, 5.41) is 2.50. The number of hydrogen-bond donors (Lipinski definition) is 1. The zero-order chi connectivity index (χ0) is 20.1. The average molecular weight is 385 g/mol. The highest BCUT2D eigenvalue weighted by molar-refractivity contribution is 6.04. The van der Waals surface area contributed by atoms with Crippen molar-refractivity contribution in [3.8, 4) is 0 Å². The molecule has 28 heavy (non-hydrogen) atoms. The molecule has 3 rings (SSSR count). The molecular weight excluding hydrogens is 364 g/mol. The van der Waals surface area contributed by atoms with Crippen LogP contribution in [0.1, 0.15) is 48.5 Å². The molecule has 1 N–H and O–H groups in total. The molecule has 0 bridgehead atoms. The average Bonchev–Trinajstić information content (AvgIpc) is 2.68. The lowest BCUT2D eigenvalue weighted by Crippen LogP contribution is -2.16. The number of anilines is 1. The molecule has 0 saturated heterocycles. The van der Waals surface area contributed by atoms with Crippen LogP contribution in [0.2, 0.25) is 0 Å². The highest BCUT2D eigenvalue weighted by atomic mass is 19.1. The lowest BCUT2D eigenvalue weighted by atomic mass is 9.87. The molecular formula is C22H21F2NO3. The molecule has 0 spiro atoms. The van der Waals surface area contributed by atoms with Crippen LogP contribution >= 0.6 is 0 Å². The zero-order valence-electron chi connectivity index (χ0n) is 15.6. The lowest BCUT2D eigenvalue weighted by molar-refractivity contribution is -0.138. The Hall–Kier alpha value is -3.02. The summed E-state index contributed by atoms with van der Waals surface area (Å²) in [6.07, 6.45) is 3.39. The predicted molar refractivity (Wildman–Crippen MR) is 103 cm³/mol. The minimum atomic E-state index is -0.916. The van der Waals surface area contributed by atoms with Gasteiger partial charge < -0.3 is 10.1 Å². The summed E-state index contributed by atoms with van der Waals surface area (Å²) >= 11 is 0. The Bertz CT molecular complexity index is 900. The van der Waals surface area contributed by atoms with Crippen molar-refractivity contribution in [3.05, 3.63) is 70.8 Å². The van der Waals surface area contributed by atoms with Crippen molar-refractivity contribution in [2.24, 2.45) is 0 Å². The number of hydrogen-bond acceptors (Lipinski definition) is 3. The number of halogens is 2. The molecule has 0 radical (unpaired) electrons. The number of esters is 1. The predicted octanol–water partition coefficient (Wildman–Crippen LogP) is 5.11. The van der Waals surface area contributed by atoms with Gasteiger partial charge in [-0.05, 0) is 68.0 Å². The minimum Gasteiger partial charge on any atom is -0.463 e. The van der Waals surface area contributed by atoms with Crippen LogP contribution in [0.25, 0.3) is 5.57 Å². The first kappa shape index (κ1) is 19.7. The molecule has 146 valence electrons. The third-order valence-corrected chi connectivity index (χ3v) is 4.67. The summed E-state index contributed by atoms with van der Waals surface area (Å²) in [5.74, 6) is -2.97. The third-order valence-electron chi connectivity index (χ3n) is 4.67. The van der Waals surface area contributed by atoms with E-state index in [1.165, 1.54) is 6.07 Å². The van der Waals surface area contributed by atoms with Crippen molar-refractivity contribution < 1.29 is 23.1 Å². The van der Waals surface area contributed by atoms with Crippen LogP contribution in [0.5, 0.6) is 0 Å². The summed E-state index contributed by atoms with van der Waals surface area (Å²) < 4.78 is 32.6. The second-order valence-corrected chi connectivity index (χ2v) is 6.51. The second-order valence-electron chi connectivity index (χ2n) is 6.51. The maximum absolute atomic E-state index is 13.7. The van der Waals surface area contributed by atoms with E-state index >= 15 is 0 Å². The second kappa shape index (κ2) is 8.78. The van der Waals surface area contributed by atoms with E-state index in [1.807, 2.05) is 0 Å². The van der Waals surface area contributed by atoms with Crippen molar-refractivity contribution in [2.45, 2.75) is 32.6 Å². The monoisotopic (exact) mass is 385 g/mol. The Morgan fingerprint density at radius 3 is 2.29 bits per heavy atom. The van der Waals surface area contributed by atoms with E-state index in [0.717, 1.165) is 42.5 Å². The minimum absolute atomic E-state index is 0.287. The van der Waals surface area contributed by atoms with Gasteiger partial charge in [-0.2, -0.15) is 0 Å². The fourth-order valence-electron chi connectivity index (χ4n) is 3.33. The third kappa shape index (κ3) is 4.27. The smallest absolute Gasteiger partial charge is 0.334 e. The van der Waals surface area contributed by atoms with Crippen LogP contribution < -0.4 is 5.32 Å². The standard InChI is InChI=1S/C22H21F2NO3/c1-2-28-22(27)17-7-4-3-6-16(17)14-10-12-15(13-11-14)25-21(26)20-18(23)8-5-9-19(20)24/h5,8-13H,2-4,6-7H2,1H3,(H,25,26). The summed E-state index contributed by atoms with van der Waals surface area (Å²) in [6.45, 7) is 2.10.